The SMILES string of the molecule is CCNS(=O)(=O)c1ccc(F)c(C(=O)N[C@@H]2[C@@H](C)[C@@H](OC)C2(C)C)c1. The van der Waals surface area contributed by atoms with Crippen LogP contribution in [0.25, 0.3) is 0 Å². The van der Waals surface area contributed by atoms with Gasteiger partial charge in [-0.25, -0.2) is 17.5 Å². The highest BCUT2D eigenvalue weighted by Crippen LogP contribution is 2.47. The number of carbonyl (C=O) groups is 1. The van der Waals surface area contributed by atoms with Crippen LogP contribution in [0.2, 0.25) is 0 Å². The molecule has 0 aromatic heterocycles. The zero-order valence-electron chi connectivity index (χ0n) is 15.1. The van der Waals surface area contributed by atoms with Gasteiger partial charge in [0.1, 0.15) is 5.82 Å². The van der Waals surface area contributed by atoms with Crippen LogP contribution < -0.4 is 10.0 Å². The summed E-state index contributed by atoms with van der Waals surface area (Å²) in [4.78, 5) is 12.4. The number of ether oxygens (including phenoxy) is 1. The lowest BCUT2D eigenvalue weighted by Gasteiger charge is -2.56. The minimum Gasteiger partial charge on any atom is -0.380 e. The van der Waals surface area contributed by atoms with E-state index in [0.717, 1.165) is 18.2 Å². The van der Waals surface area contributed by atoms with Crippen molar-refractivity contribution in [3.63, 3.8) is 0 Å². The Morgan fingerprint density at radius 3 is 2.52 bits per heavy atom. The van der Waals surface area contributed by atoms with Crippen molar-refractivity contribution in [1.29, 1.82) is 0 Å². The molecular weight excluding hydrogens is 347 g/mol. The van der Waals surface area contributed by atoms with Crippen molar-refractivity contribution in [3.8, 4) is 0 Å². The number of sulfonamides is 1. The van der Waals surface area contributed by atoms with Gasteiger partial charge in [-0.2, -0.15) is 0 Å². The minimum absolute atomic E-state index is 0.0110. The molecule has 2 rings (SSSR count). The predicted octanol–water partition coefficient (Wildman–Crippen LogP) is 1.91. The van der Waals surface area contributed by atoms with Gasteiger partial charge in [-0.15, -0.1) is 0 Å². The molecule has 1 amide bonds. The first-order valence-corrected chi connectivity index (χ1v) is 9.67. The van der Waals surface area contributed by atoms with E-state index in [2.05, 4.69) is 10.0 Å². The molecule has 1 fully saturated rings. The Morgan fingerprint density at radius 2 is 2.00 bits per heavy atom. The highest BCUT2D eigenvalue weighted by atomic mass is 32.2. The van der Waals surface area contributed by atoms with Gasteiger partial charge in [-0.1, -0.05) is 27.7 Å². The molecule has 6 nitrogen and oxygen atoms in total. The summed E-state index contributed by atoms with van der Waals surface area (Å²) in [7, 11) is -2.15. The van der Waals surface area contributed by atoms with Crippen LogP contribution in [0, 0.1) is 17.2 Å². The van der Waals surface area contributed by atoms with Crippen molar-refractivity contribution in [2.45, 2.75) is 44.7 Å². The van der Waals surface area contributed by atoms with Crippen LogP contribution in [0.1, 0.15) is 38.1 Å². The van der Waals surface area contributed by atoms with Gasteiger partial charge in [0.25, 0.3) is 5.91 Å². The normalized spacial score (nSPS) is 25.3. The summed E-state index contributed by atoms with van der Waals surface area (Å²) >= 11 is 0. The summed E-state index contributed by atoms with van der Waals surface area (Å²) in [6.07, 6.45) is -0.0110. The maximum atomic E-state index is 14.1. The molecule has 0 spiro atoms. The lowest BCUT2D eigenvalue weighted by Crippen LogP contribution is -2.67. The van der Waals surface area contributed by atoms with Crippen LogP contribution in [-0.2, 0) is 14.8 Å². The van der Waals surface area contributed by atoms with E-state index in [-0.39, 0.29) is 40.5 Å². The van der Waals surface area contributed by atoms with Crippen molar-refractivity contribution < 1.29 is 22.3 Å². The van der Waals surface area contributed by atoms with E-state index in [1.165, 1.54) is 0 Å². The van der Waals surface area contributed by atoms with Crippen molar-refractivity contribution in [1.82, 2.24) is 10.0 Å². The maximum absolute atomic E-state index is 14.1. The summed E-state index contributed by atoms with van der Waals surface area (Å²) < 4.78 is 46.0. The van der Waals surface area contributed by atoms with Gasteiger partial charge in [-0.05, 0) is 18.2 Å². The van der Waals surface area contributed by atoms with E-state index in [9.17, 15) is 17.6 Å². The second kappa shape index (κ2) is 7.01. The molecule has 1 aromatic carbocycles. The zero-order valence-corrected chi connectivity index (χ0v) is 15.9. The summed E-state index contributed by atoms with van der Waals surface area (Å²) in [6, 6.07) is 3.00. The molecule has 25 heavy (non-hydrogen) atoms. The number of hydrogen-bond donors (Lipinski definition) is 2. The topological polar surface area (TPSA) is 84.5 Å². The number of nitrogens with one attached hydrogen (secondary N) is 2. The Hall–Kier alpha value is -1.51. The van der Waals surface area contributed by atoms with E-state index in [1.54, 1.807) is 14.0 Å². The molecule has 1 saturated carbocycles. The molecule has 0 heterocycles. The average Bonchev–Trinajstić information content (AvgIpc) is 2.52. The first-order chi connectivity index (χ1) is 11.6. The summed E-state index contributed by atoms with van der Waals surface area (Å²) in [6.45, 7) is 7.73. The third kappa shape index (κ3) is 3.56. The Morgan fingerprint density at radius 1 is 1.36 bits per heavy atom. The molecule has 3 atom stereocenters. The quantitative estimate of drug-likeness (QED) is 0.799. The lowest BCUT2D eigenvalue weighted by atomic mass is 9.58. The fraction of sp³-hybridized carbons (Fsp3) is 0.588. The van der Waals surface area contributed by atoms with E-state index in [1.807, 2.05) is 20.8 Å². The second-order valence-corrected chi connectivity index (χ2v) is 8.70. The number of amides is 1. The number of hydrogen-bond acceptors (Lipinski definition) is 4. The monoisotopic (exact) mass is 372 g/mol. The van der Waals surface area contributed by atoms with Crippen LogP contribution in [0.15, 0.2) is 23.1 Å². The minimum atomic E-state index is -3.77. The van der Waals surface area contributed by atoms with Gasteiger partial charge in [0.15, 0.2) is 0 Å². The highest BCUT2D eigenvalue weighted by Gasteiger charge is 2.55. The summed E-state index contributed by atoms with van der Waals surface area (Å²) in [5.41, 5.74) is -0.587. The molecule has 140 valence electrons. The van der Waals surface area contributed by atoms with E-state index in [0.29, 0.717) is 0 Å². The Kier molecular flexibility index (Phi) is 5.56. The van der Waals surface area contributed by atoms with E-state index >= 15 is 0 Å². The smallest absolute Gasteiger partial charge is 0.254 e. The first-order valence-electron chi connectivity index (χ1n) is 8.19. The lowest BCUT2D eigenvalue weighted by molar-refractivity contribution is -0.141. The number of benzene rings is 1. The molecule has 8 heteroatoms. The largest absolute Gasteiger partial charge is 0.380 e. The summed E-state index contributed by atoms with van der Waals surface area (Å²) in [5, 5.41) is 2.81. The maximum Gasteiger partial charge on any atom is 0.254 e. The summed E-state index contributed by atoms with van der Waals surface area (Å²) in [5.74, 6) is -1.33. The third-order valence-corrected chi connectivity index (χ3v) is 6.45. The fourth-order valence-electron chi connectivity index (χ4n) is 3.76. The average molecular weight is 372 g/mol. The molecule has 0 unspecified atom stereocenters. The Labute approximate surface area is 148 Å². The van der Waals surface area contributed by atoms with Crippen LogP contribution in [0.4, 0.5) is 4.39 Å². The number of methoxy groups -OCH3 is 1. The van der Waals surface area contributed by atoms with Crippen molar-refractivity contribution >= 4 is 15.9 Å². The molecule has 1 aliphatic rings. The van der Waals surface area contributed by atoms with Gasteiger partial charge >= 0.3 is 0 Å². The van der Waals surface area contributed by atoms with E-state index < -0.39 is 21.7 Å². The van der Waals surface area contributed by atoms with Crippen molar-refractivity contribution in [2.24, 2.45) is 11.3 Å². The number of halogens is 1. The molecule has 1 aromatic rings. The van der Waals surface area contributed by atoms with Crippen molar-refractivity contribution in [3.05, 3.63) is 29.6 Å². The van der Waals surface area contributed by atoms with Crippen LogP contribution in [0.3, 0.4) is 0 Å². The molecular formula is C17H25FN2O4S. The predicted molar refractivity (Wildman–Crippen MR) is 92.3 cm³/mol. The van der Waals surface area contributed by atoms with E-state index in [4.69, 9.17) is 4.74 Å². The number of carbonyl (C=O) groups excluding carboxylic acids is 1. The van der Waals surface area contributed by atoms with Gasteiger partial charge < -0.3 is 10.1 Å². The van der Waals surface area contributed by atoms with Gasteiger partial charge in [-0.3, -0.25) is 4.79 Å². The fourth-order valence-corrected chi connectivity index (χ4v) is 4.83. The van der Waals surface area contributed by atoms with Crippen LogP contribution in [-0.4, -0.2) is 40.1 Å². The third-order valence-electron chi connectivity index (χ3n) is 4.91. The second-order valence-electron chi connectivity index (χ2n) is 6.93. The first kappa shape index (κ1) is 19.8. The van der Waals surface area contributed by atoms with Crippen LogP contribution in [0.5, 0.6) is 0 Å². The van der Waals surface area contributed by atoms with Gasteiger partial charge in [0, 0.05) is 31.0 Å². The zero-order chi connectivity index (χ0) is 19.0. The molecule has 0 bridgehead atoms. The Balaban J connectivity index is 2.26. The van der Waals surface area contributed by atoms with Crippen LogP contribution >= 0.6 is 0 Å². The van der Waals surface area contributed by atoms with Gasteiger partial charge in [0.05, 0.1) is 16.6 Å². The Bertz CT molecular complexity index is 764. The highest BCUT2D eigenvalue weighted by molar-refractivity contribution is 7.89. The number of rotatable bonds is 6. The van der Waals surface area contributed by atoms with Crippen molar-refractivity contribution in [2.75, 3.05) is 13.7 Å². The molecule has 1 aliphatic carbocycles. The standard InChI is InChI=1S/C17H25FN2O4S/c1-6-19-25(22,23)11-7-8-13(18)12(9-11)16(21)20-14-10(2)15(24-5)17(14,3)4/h7-10,14-15,19H,6H2,1-5H3,(H,20,21)/t10-,14-,15-/m1/s1. The van der Waals surface area contributed by atoms with Gasteiger partial charge in [0.2, 0.25) is 10.0 Å². The molecule has 2 N–H and O–H groups in total. The molecule has 0 saturated heterocycles. The molecule has 0 aliphatic heterocycles. The molecule has 0 radical (unpaired) electrons.